The first-order chi connectivity index (χ1) is 20.2. The molecule has 0 aliphatic rings. The molecule has 1 unspecified atom stereocenters. The molecule has 42 heavy (non-hydrogen) atoms. The molecule has 2 amide bonds. The van der Waals surface area contributed by atoms with Crippen molar-refractivity contribution in [3.63, 3.8) is 0 Å². The number of amides is 2. The average Bonchev–Trinajstić information content (AvgIpc) is 3.62. The predicted molar refractivity (Wildman–Crippen MR) is 162 cm³/mol. The Morgan fingerprint density at radius 1 is 0.929 bits per heavy atom. The molecule has 0 saturated carbocycles. The second kappa shape index (κ2) is 12.4. The van der Waals surface area contributed by atoms with E-state index < -0.39 is 11.9 Å². The third-order valence-electron chi connectivity index (χ3n) is 6.97. The van der Waals surface area contributed by atoms with Gasteiger partial charge < -0.3 is 15.2 Å². The predicted octanol–water partition coefficient (Wildman–Crippen LogP) is 5.03. The lowest BCUT2D eigenvalue weighted by Gasteiger charge is -2.20. The minimum Gasteiger partial charge on any atom is -0.339 e. The van der Waals surface area contributed by atoms with E-state index in [1.807, 2.05) is 48.0 Å². The molecule has 0 bridgehead atoms. The standard InChI is InChI=1S/C31H31ClN8O2/c1-19(2)26-16-22(11-13-33-26)21-7-10-25(32)23(15-21)17-27(37-31(42)28-12-14-35-40(28)4)30(41)36-24-8-5-20(6-9-24)29-38-34-18-39(29)3/h5-16,18-19,27H,17H2,1-4H3,(H,36,41)(H,37,42). The molecule has 2 aromatic carbocycles. The summed E-state index contributed by atoms with van der Waals surface area (Å²) in [6, 6.07) is 17.6. The minimum absolute atomic E-state index is 0.168. The van der Waals surface area contributed by atoms with Crippen molar-refractivity contribution in [2.75, 3.05) is 5.32 Å². The number of carbonyl (C=O) groups is 2. The van der Waals surface area contributed by atoms with Crippen LogP contribution >= 0.6 is 11.6 Å². The molecule has 0 spiro atoms. The Morgan fingerprint density at radius 2 is 1.67 bits per heavy atom. The maximum absolute atomic E-state index is 13.6. The molecule has 10 nitrogen and oxygen atoms in total. The van der Waals surface area contributed by atoms with Crippen LogP contribution in [0.3, 0.4) is 0 Å². The SMILES string of the molecule is CC(C)c1cc(-c2ccc(Cl)c(CC(NC(=O)c3ccnn3C)C(=O)Nc3ccc(-c4nncn4C)cc3)c2)ccn1. The molecule has 0 aliphatic heterocycles. The van der Waals surface area contributed by atoms with Gasteiger partial charge in [0.2, 0.25) is 5.91 Å². The van der Waals surface area contributed by atoms with E-state index in [2.05, 4.69) is 50.8 Å². The van der Waals surface area contributed by atoms with Crippen molar-refractivity contribution in [1.82, 2.24) is 34.8 Å². The van der Waals surface area contributed by atoms with Crippen molar-refractivity contribution in [3.8, 4) is 22.5 Å². The van der Waals surface area contributed by atoms with E-state index in [-0.39, 0.29) is 18.2 Å². The highest BCUT2D eigenvalue weighted by atomic mass is 35.5. The van der Waals surface area contributed by atoms with Crippen molar-refractivity contribution in [2.24, 2.45) is 14.1 Å². The summed E-state index contributed by atoms with van der Waals surface area (Å²) in [6.45, 7) is 4.19. The summed E-state index contributed by atoms with van der Waals surface area (Å²) in [6.07, 6.45) is 5.11. The van der Waals surface area contributed by atoms with Gasteiger partial charge in [0.1, 0.15) is 18.1 Å². The number of aryl methyl sites for hydroxylation is 2. The van der Waals surface area contributed by atoms with Crippen LogP contribution in [0.2, 0.25) is 5.02 Å². The van der Waals surface area contributed by atoms with Crippen LogP contribution in [0.4, 0.5) is 5.69 Å². The van der Waals surface area contributed by atoms with Crippen LogP contribution in [-0.4, -0.2) is 47.4 Å². The van der Waals surface area contributed by atoms with Crippen LogP contribution in [0.5, 0.6) is 0 Å². The highest BCUT2D eigenvalue weighted by molar-refractivity contribution is 6.31. The van der Waals surface area contributed by atoms with Crippen molar-refractivity contribution in [3.05, 3.63) is 101 Å². The number of anilines is 1. The highest BCUT2D eigenvalue weighted by Gasteiger charge is 2.25. The molecule has 5 rings (SSSR count). The zero-order valence-corrected chi connectivity index (χ0v) is 24.5. The van der Waals surface area contributed by atoms with Crippen LogP contribution in [0, 0.1) is 0 Å². The largest absolute Gasteiger partial charge is 0.339 e. The molecule has 5 aromatic rings. The molecule has 214 valence electrons. The van der Waals surface area contributed by atoms with Gasteiger partial charge in [0.25, 0.3) is 5.91 Å². The maximum Gasteiger partial charge on any atom is 0.270 e. The van der Waals surface area contributed by atoms with Crippen molar-refractivity contribution in [2.45, 2.75) is 32.2 Å². The average molecular weight is 583 g/mol. The fourth-order valence-corrected chi connectivity index (χ4v) is 4.78. The fourth-order valence-electron chi connectivity index (χ4n) is 4.59. The van der Waals surface area contributed by atoms with Crippen LogP contribution < -0.4 is 10.6 Å². The van der Waals surface area contributed by atoms with E-state index in [0.29, 0.717) is 22.2 Å². The van der Waals surface area contributed by atoms with Gasteiger partial charge in [-0.05, 0) is 77.2 Å². The Kier molecular flexibility index (Phi) is 8.44. The Hall–Kier alpha value is -4.83. The number of aromatic nitrogens is 6. The van der Waals surface area contributed by atoms with Gasteiger partial charge in [-0.2, -0.15) is 5.10 Å². The lowest BCUT2D eigenvalue weighted by molar-refractivity contribution is -0.118. The number of nitrogens with one attached hydrogen (secondary N) is 2. The van der Waals surface area contributed by atoms with Gasteiger partial charge in [0.15, 0.2) is 5.82 Å². The van der Waals surface area contributed by atoms with E-state index in [0.717, 1.165) is 27.9 Å². The van der Waals surface area contributed by atoms with Gasteiger partial charge in [-0.1, -0.05) is 31.5 Å². The molecule has 0 fully saturated rings. The first-order valence-corrected chi connectivity index (χ1v) is 13.9. The van der Waals surface area contributed by atoms with Gasteiger partial charge in [-0.15, -0.1) is 10.2 Å². The van der Waals surface area contributed by atoms with Crippen LogP contribution in [0.15, 0.2) is 79.4 Å². The monoisotopic (exact) mass is 582 g/mol. The summed E-state index contributed by atoms with van der Waals surface area (Å²) in [5.41, 5.74) is 5.40. The summed E-state index contributed by atoms with van der Waals surface area (Å²) in [5, 5.41) is 18.4. The molecule has 1 atom stereocenters. The summed E-state index contributed by atoms with van der Waals surface area (Å²) in [5.74, 6) is 0.181. The van der Waals surface area contributed by atoms with E-state index in [4.69, 9.17) is 11.6 Å². The molecule has 3 aromatic heterocycles. The van der Waals surface area contributed by atoms with Crippen molar-refractivity contribution in [1.29, 1.82) is 0 Å². The zero-order chi connectivity index (χ0) is 29.8. The van der Waals surface area contributed by atoms with Crippen LogP contribution in [0.1, 0.15) is 41.5 Å². The Balaban J connectivity index is 1.41. The first kappa shape index (κ1) is 28.7. The second-order valence-electron chi connectivity index (χ2n) is 10.3. The number of hydrogen-bond donors (Lipinski definition) is 2. The Morgan fingerprint density at radius 3 is 2.33 bits per heavy atom. The molecule has 2 N–H and O–H groups in total. The number of rotatable bonds is 9. The highest BCUT2D eigenvalue weighted by Crippen LogP contribution is 2.28. The quantitative estimate of drug-likeness (QED) is 0.251. The lowest BCUT2D eigenvalue weighted by atomic mass is 9.97. The van der Waals surface area contributed by atoms with Crippen molar-refractivity contribution >= 4 is 29.1 Å². The molecule has 0 radical (unpaired) electrons. The summed E-state index contributed by atoms with van der Waals surface area (Å²) < 4.78 is 3.27. The number of carbonyl (C=O) groups excluding carboxylic acids is 2. The first-order valence-electron chi connectivity index (χ1n) is 13.5. The van der Waals surface area contributed by atoms with Crippen LogP contribution in [0.25, 0.3) is 22.5 Å². The van der Waals surface area contributed by atoms with Gasteiger partial charge in [-0.25, -0.2) is 0 Å². The lowest BCUT2D eigenvalue weighted by Crippen LogP contribution is -2.45. The molecular weight excluding hydrogens is 552 g/mol. The van der Waals surface area contributed by atoms with Gasteiger partial charge in [0.05, 0.1) is 0 Å². The topological polar surface area (TPSA) is 120 Å². The molecule has 0 saturated heterocycles. The van der Waals surface area contributed by atoms with E-state index >= 15 is 0 Å². The summed E-state index contributed by atoms with van der Waals surface area (Å²) >= 11 is 6.63. The molecule has 0 aliphatic carbocycles. The van der Waals surface area contributed by atoms with Gasteiger partial charge in [-0.3, -0.25) is 19.3 Å². The maximum atomic E-state index is 13.6. The third kappa shape index (κ3) is 6.39. The number of pyridine rings is 1. The minimum atomic E-state index is -0.928. The van der Waals surface area contributed by atoms with E-state index in [1.54, 1.807) is 37.8 Å². The van der Waals surface area contributed by atoms with E-state index in [1.165, 1.54) is 10.9 Å². The zero-order valence-electron chi connectivity index (χ0n) is 23.7. The Labute approximate surface area is 248 Å². The molecule has 11 heteroatoms. The fraction of sp³-hybridized carbons (Fsp3) is 0.226. The molecular formula is C31H31ClN8O2. The molecule has 3 heterocycles. The smallest absolute Gasteiger partial charge is 0.270 e. The van der Waals surface area contributed by atoms with Crippen molar-refractivity contribution < 1.29 is 9.59 Å². The number of benzene rings is 2. The second-order valence-corrected chi connectivity index (χ2v) is 10.7. The number of nitrogens with zero attached hydrogens (tertiary/aromatic N) is 6. The summed E-state index contributed by atoms with van der Waals surface area (Å²) in [4.78, 5) is 31.3. The van der Waals surface area contributed by atoms with Crippen LogP contribution in [-0.2, 0) is 25.3 Å². The third-order valence-corrected chi connectivity index (χ3v) is 7.34. The number of halogens is 1. The Bertz CT molecular complexity index is 1730. The normalized spacial score (nSPS) is 11.9. The van der Waals surface area contributed by atoms with Gasteiger partial charge in [0, 0.05) is 54.9 Å². The van der Waals surface area contributed by atoms with Gasteiger partial charge >= 0.3 is 0 Å². The summed E-state index contributed by atoms with van der Waals surface area (Å²) in [7, 11) is 3.53. The van der Waals surface area contributed by atoms with E-state index in [9.17, 15) is 9.59 Å². The number of hydrogen-bond acceptors (Lipinski definition) is 6.